The SMILES string of the molecule is CCc1cnn([C@H]2C[C@@H](n3cnc4c(NCCc5ccccc5)nc(N5CCC(NC(=O)NCCN(C(C)C)C(C)C)C5)nc43)[C@H](O)[C@@H]2O)c1. The largest absolute Gasteiger partial charge is 0.388 e. The van der Waals surface area contributed by atoms with E-state index in [1.807, 2.05) is 29.0 Å². The highest BCUT2D eigenvalue weighted by Gasteiger charge is 2.44. The molecule has 50 heavy (non-hydrogen) atoms. The second-order valence-electron chi connectivity index (χ2n) is 14.1. The van der Waals surface area contributed by atoms with Gasteiger partial charge in [0, 0.05) is 57.0 Å². The zero-order valence-electron chi connectivity index (χ0n) is 29.9. The lowest BCUT2D eigenvalue weighted by molar-refractivity contribution is 0.00721. The van der Waals surface area contributed by atoms with E-state index < -0.39 is 18.2 Å². The van der Waals surface area contributed by atoms with Gasteiger partial charge in [-0.3, -0.25) is 9.58 Å². The molecule has 2 aliphatic rings. The first-order chi connectivity index (χ1) is 24.1. The minimum absolute atomic E-state index is 0.0605. The molecule has 14 heteroatoms. The number of hydrogen-bond donors (Lipinski definition) is 5. The third-order valence-corrected chi connectivity index (χ3v) is 10.1. The fourth-order valence-corrected chi connectivity index (χ4v) is 7.36. The Bertz CT molecular complexity index is 1700. The van der Waals surface area contributed by atoms with Gasteiger partial charge in [-0.05, 0) is 64.5 Å². The van der Waals surface area contributed by atoms with Crippen molar-refractivity contribution >= 4 is 29.0 Å². The molecular formula is C36H53N11O3. The monoisotopic (exact) mass is 687 g/mol. The van der Waals surface area contributed by atoms with Crippen LogP contribution in [-0.2, 0) is 12.8 Å². The zero-order valence-corrected chi connectivity index (χ0v) is 29.9. The Morgan fingerprint density at radius 1 is 1.02 bits per heavy atom. The molecule has 2 fully saturated rings. The normalized spacial score (nSPS) is 22.4. The predicted octanol–water partition coefficient (Wildman–Crippen LogP) is 3.14. The van der Waals surface area contributed by atoms with Crippen molar-refractivity contribution in [3.8, 4) is 0 Å². The number of urea groups is 1. The molecule has 4 aromatic rings. The van der Waals surface area contributed by atoms with Gasteiger partial charge < -0.3 is 35.6 Å². The van der Waals surface area contributed by atoms with Crippen molar-refractivity contribution in [2.45, 2.75) is 103 Å². The summed E-state index contributed by atoms with van der Waals surface area (Å²) in [6, 6.07) is 10.00. The van der Waals surface area contributed by atoms with Crippen LogP contribution in [0.4, 0.5) is 16.6 Å². The summed E-state index contributed by atoms with van der Waals surface area (Å²) in [5.74, 6) is 1.14. The quantitative estimate of drug-likeness (QED) is 0.133. The summed E-state index contributed by atoms with van der Waals surface area (Å²) in [5.41, 5.74) is 3.47. The van der Waals surface area contributed by atoms with E-state index in [2.05, 4.69) is 77.6 Å². The molecule has 5 N–H and O–H groups in total. The molecule has 1 unspecified atom stereocenters. The smallest absolute Gasteiger partial charge is 0.315 e. The van der Waals surface area contributed by atoms with Gasteiger partial charge in [0.2, 0.25) is 5.95 Å². The number of anilines is 2. The number of aryl methyl sites for hydroxylation is 1. The molecule has 0 bridgehead atoms. The number of fused-ring (bicyclic) bond motifs is 1. The molecule has 0 spiro atoms. The van der Waals surface area contributed by atoms with Gasteiger partial charge in [-0.15, -0.1) is 0 Å². The van der Waals surface area contributed by atoms with Crippen molar-refractivity contribution in [2.75, 3.05) is 42.9 Å². The maximum atomic E-state index is 12.8. The van der Waals surface area contributed by atoms with E-state index >= 15 is 0 Å². The number of nitrogens with one attached hydrogen (secondary N) is 3. The van der Waals surface area contributed by atoms with Crippen LogP contribution in [0.2, 0.25) is 0 Å². The van der Waals surface area contributed by atoms with E-state index in [-0.39, 0.29) is 18.1 Å². The molecule has 6 rings (SSSR count). The fourth-order valence-electron chi connectivity index (χ4n) is 7.36. The van der Waals surface area contributed by atoms with Crippen LogP contribution in [0.25, 0.3) is 11.2 Å². The van der Waals surface area contributed by atoms with Crippen molar-refractivity contribution in [3.05, 3.63) is 60.2 Å². The minimum atomic E-state index is -1.04. The molecule has 1 aliphatic heterocycles. The van der Waals surface area contributed by atoms with Crippen LogP contribution in [0.15, 0.2) is 49.1 Å². The average Bonchev–Trinajstić information content (AvgIpc) is 3.91. The number of imidazole rings is 1. The van der Waals surface area contributed by atoms with Gasteiger partial charge in [0.15, 0.2) is 17.0 Å². The number of hydrogen-bond acceptors (Lipinski definition) is 10. The van der Waals surface area contributed by atoms with Crippen LogP contribution in [0.1, 0.15) is 70.7 Å². The first-order valence-electron chi connectivity index (χ1n) is 18.1. The lowest BCUT2D eigenvalue weighted by Gasteiger charge is -2.30. The molecule has 2 amide bonds. The fraction of sp³-hybridized carbons (Fsp3) is 0.583. The second kappa shape index (κ2) is 15.7. The van der Waals surface area contributed by atoms with Gasteiger partial charge in [0.1, 0.15) is 12.2 Å². The summed E-state index contributed by atoms with van der Waals surface area (Å²) in [6.45, 7) is 14.0. The molecule has 1 aliphatic carbocycles. The molecular weight excluding hydrogens is 634 g/mol. The molecule has 5 atom stereocenters. The standard InChI is InChI=1S/C36H53N11O3/c1-6-25-19-40-47(20-25)29-18-28(31(48)32(29)49)46-22-39-30-33(37-14-12-26-10-8-7-9-11-26)42-35(43-34(30)46)44-16-13-27(21-44)41-36(50)38-15-17-45(23(2)3)24(4)5/h7-11,19-20,22-24,27-29,31-32,48-49H,6,12-18,21H2,1-5H3,(H,37,42,43)(H2,38,41,50)/t27?,28-,29+,31+,32-/m1/s1. The third-order valence-electron chi connectivity index (χ3n) is 10.1. The molecule has 0 radical (unpaired) electrons. The van der Waals surface area contributed by atoms with Gasteiger partial charge in [-0.2, -0.15) is 15.1 Å². The average molecular weight is 688 g/mol. The predicted molar refractivity (Wildman–Crippen MR) is 194 cm³/mol. The number of rotatable bonds is 14. The van der Waals surface area contributed by atoms with Crippen LogP contribution < -0.4 is 20.9 Å². The molecule has 1 aromatic carbocycles. The lowest BCUT2D eigenvalue weighted by Crippen LogP contribution is -2.47. The summed E-state index contributed by atoms with van der Waals surface area (Å²) >= 11 is 0. The van der Waals surface area contributed by atoms with Crippen LogP contribution in [0, 0.1) is 0 Å². The van der Waals surface area contributed by atoms with Crippen LogP contribution in [0.5, 0.6) is 0 Å². The topological polar surface area (TPSA) is 162 Å². The minimum Gasteiger partial charge on any atom is -0.388 e. The third kappa shape index (κ3) is 7.87. The Hall–Kier alpha value is -4.27. The first-order valence-corrected chi connectivity index (χ1v) is 18.1. The summed E-state index contributed by atoms with van der Waals surface area (Å²) in [4.78, 5) is 31.9. The van der Waals surface area contributed by atoms with Crippen molar-refractivity contribution in [3.63, 3.8) is 0 Å². The molecule has 1 saturated heterocycles. The van der Waals surface area contributed by atoms with E-state index in [0.717, 1.165) is 31.4 Å². The van der Waals surface area contributed by atoms with Crippen molar-refractivity contribution in [1.82, 2.24) is 44.8 Å². The van der Waals surface area contributed by atoms with Crippen molar-refractivity contribution in [2.24, 2.45) is 0 Å². The van der Waals surface area contributed by atoms with E-state index in [1.54, 1.807) is 17.2 Å². The summed E-state index contributed by atoms with van der Waals surface area (Å²) in [6.07, 6.45) is 6.27. The van der Waals surface area contributed by atoms with Gasteiger partial charge in [0.05, 0.1) is 24.6 Å². The van der Waals surface area contributed by atoms with E-state index in [9.17, 15) is 15.0 Å². The number of aliphatic hydroxyl groups is 2. The highest BCUT2D eigenvalue weighted by atomic mass is 16.3. The highest BCUT2D eigenvalue weighted by molar-refractivity contribution is 5.84. The number of nitrogens with zero attached hydrogens (tertiary/aromatic N) is 8. The summed E-state index contributed by atoms with van der Waals surface area (Å²) in [5, 5.41) is 36.6. The molecule has 1 saturated carbocycles. The number of aromatic nitrogens is 6. The highest BCUT2D eigenvalue weighted by Crippen LogP contribution is 2.40. The number of amides is 2. The van der Waals surface area contributed by atoms with Crippen LogP contribution in [-0.4, -0.2) is 114 Å². The van der Waals surface area contributed by atoms with Gasteiger partial charge in [-0.1, -0.05) is 37.3 Å². The zero-order chi connectivity index (χ0) is 35.4. The molecule has 14 nitrogen and oxygen atoms in total. The number of benzene rings is 1. The first kappa shape index (κ1) is 35.6. The maximum Gasteiger partial charge on any atom is 0.315 e. The van der Waals surface area contributed by atoms with Crippen LogP contribution in [0.3, 0.4) is 0 Å². The Kier molecular flexibility index (Phi) is 11.2. The van der Waals surface area contributed by atoms with E-state index in [0.29, 0.717) is 67.6 Å². The number of aliphatic hydroxyl groups excluding tert-OH is 2. The molecule has 270 valence electrons. The Labute approximate surface area is 294 Å². The Morgan fingerprint density at radius 2 is 1.78 bits per heavy atom. The molecule has 3 aromatic heterocycles. The van der Waals surface area contributed by atoms with Crippen molar-refractivity contribution in [1.29, 1.82) is 0 Å². The maximum absolute atomic E-state index is 12.8. The summed E-state index contributed by atoms with van der Waals surface area (Å²) < 4.78 is 3.64. The summed E-state index contributed by atoms with van der Waals surface area (Å²) in [7, 11) is 0. The van der Waals surface area contributed by atoms with Crippen molar-refractivity contribution < 1.29 is 15.0 Å². The van der Waals surface area contributed by atoms with Gasteiger partial charge in [-0.25, -0.2) is 9.78 Å². The number of carbonyl (C=O) groups excluding carboxylic acids is 1. The lowest BCUT2D eigenvalue weighted by atomic mass is 10.1. The Balaban J connectivity index is 1.19. The van der Waals surface area contributed by atoms with Gasteiger partial charge >= 0.3 is 6.03 Å². The Morgan fingerprint density at radius 3 is 2.50 bits per heavy atom. The van der Waals surface area contributed by atoms with Crippen LogP contribution >= 0.6 is 0 Å². The van der Waals surface area contributed by atoms with E-state index in [1.165, 1.54) is 5.56 Å². The van der Waals surface area contributed by atoms with Gasteiger partial charge in [0.25, 0.3) is 0 Å². The number of carbonyl (C=O) groups is 1. The molecule has 4 heterocycles. The van der Waals surface area contributed by atoms with E-state index in [4.69, 9.17) is 15.0 Å². The second-order valence-corrected chi connectivity index (χ2v) is 14.1.